The zero-order valence-electron chi connectivity index (χ0n) is 17.5. The van der Waals surface area contributed by atoms with Crippen LogP contribution in [0.1, 0.15) is 30.5 Å². The maximum Gasteiger partial charge on any atom is 0.322 e. The number of aliphatic hydroxyl groups excluding tert-OH is 1. The predicted octanol–water partition coefficient (Wildman–Crippen LogP) is 4.05. The second-order valence-electron chi connectivity index (χ2n) is 8.17. The highest BCUT2D eigenvalue weighted by molar-refractivity contribution is 6.30. The zero-order chi connectivity index (χ0) is 22.9. The summed E-state index contributed by atoms with van der Waals surface area (Å²) >= 11 is 6.05. The van der Waals surface area contributed by atoms with Crippen LogP contribution in [0.5, 0.6) is 5.75 Å². The number of nitrogens with one attached hydrogen (secondary N) is 3. The molecule has 0 unspecified atom stereocenters. The number of carbonyl (C=O) groups is 2. The van der Waals surface area contributed by atoms with Gasteiger partial charge in [0.15, 0.2) is 0 Å². The fourth-order valence-corrected chi connectivity index (χ4v) is 4.11. The Bertz CT molecular complexity index is 1050. The summed E-state index contributed by atoms with van der Waals surface area (Å²) in [5.41, 5.74) is 1.61. The van der Waals surface area contributed by atoms with Gasteiger partial charge in [0.1, 0.15) is 18.0 Å². The Balaban J connectivity index is 1.47. The van der Waals surface area contributed by atoms with E-state index in [-0.39, 0.29) is 25.6 Å². The number of alkyl halides is 1. The van der Waals surface area contributed by atoms with E-state index < -0.39 is 24.3 Å². The fraction of sp³-hybridized carbons (Fsp3) is 0.364. The second kappa shape index (κ2) is 8.84. The van der Waals surface area contributed by atoms with Crippen molar-refractivity contribution in [1.29, 1.82) is 0 Å². The van der Waals surface area contributed by atoms with Gasteiger partial charge in [-0.3, -0.25) is 0 Å². The molecule has 2 aliphatic rings. The fourth-order valence-electron chi connectivity index (χ4n) is 3.95. The second-order valence-corrected chi connectivity index (χ2v) is 8.61. The molecule has 10 heteroatoms. The van der Waals surface area contributed by atoms with Crippen LogP contribution in [-0.4, -0.2) is 47.5 Å². The van der Waals surface area contributed by atoms with E-state index in [4.69, 9.17) is 21.4 Å². The number of nitrogens with zero attached hydrogens (tertiary/aromatic N) is 1. The Labute approximate surface area is 189 Å². The molecule has 0 aromatic heterocycles. The Morgan fingerprint density at radius 1 is 1.38 bits per heavy atom. The first kappa shape index (κ1) is 22.2. The SMILES string of the molecule is C[C@@]1(CF)C[C@@H](NC(=O)Nc2ccc3c(c2)NC(=O)N(CCO)C3)c2ccc(Cl)cc2O1. The van der Waals surface area contributed by atoms with Crippen molar-refractivity contribution in [3.8, 4) is 5.75 Å². The molecule has 2 aromatic carbocycles. The number of fused-ring (bicyclic) bond motifs is 2. The lowest BCUT2D eigenvalue weighted by Crippen LogP contribution is -2.45. The van der Waals surface area contributed by atoms with Gasteiger partial charge in [-0.25, -0.2) is 14.0 Å². The van der Waals surface area contributed by atoms with Gasteiger partial charge in [0.25, 0.3) is 0 Å². The van der Waals surface area contributed by atoms with E-state index in [2.05, 4.69) is 16.0 Å². The third-order valence-corrected chi connectivity index (χ3v) is 5.79. The summed E-state index contributed by atoms with van der Waals surface area (Å²) < 4.78 is 19.4. The molecule has 0 saturated carbocycles. The minimum atomic E-state index is -1.08. The lowest BCUT2D eigenvalue weighted by molar-refractivity contribution is 0.0263. The van der Waals surface area contributed by atoms with Crippen molar-refractivity contribution in [3.63, 3.8) is 0 Å². The topological polar surface area (TPSA) is 103 Å². The smallest absolute Gasteiger partial charge is 0.322 e. The molecule has 2 aromatic rings. The Kier molecular flexibility index (Phi) is 6.12. The number of hydrogen-bond donors (Lipinski definition) is 4. The highest BCUT2D eigenvalue weighted by Gasteiger charge is 2.38. The molecule has 4 amide bonds. The van der Waals surface area contributed by atoms with Crippen LogP contribution in [0.4, 0.5) is 25.4 Å². The van der Waals surface area contributed by atoms with E-state index in [1.807, 2.05) is 0 Å². The van der Waals surface area contributed by atoms with E-state index >= 15 is 0 Å². The summed E-state index contributed by atoms with van der Waals surface area (Å²) in [7, 11) is 0. The van der Waals surface area contributed by atoms with Gasteiger partial charge in [-0.15, -0.1) is 0 Å². The van der Waals surface area contributed by atoms with Crippen LogP contribution < -0.4 is 20.7 Å². The average molecular weight is 463 g/mol. The van der Waals surface area contributed by atoms with Gasteiger partial charge in [-0.05, 0) is 36.8 Å². The van der Waals surface area contributed by atoms with E-state index in [1.165, 1.54) is 4.90 Å². The number of carbonyl (C=O) groups excluding carboxylic acids is 2. The lowest BCUT2D eigenvalue weighted by Gasteiger charge is -2.38. The minimum absolute atomic E-state index is 0.119. The van der Waals surface area contributed by atoms with Gasteiger partial charge in [0.2, 0.25) is 0 Å². The summed E-state index contributed by atoms with van der Waals surface area (Å²) in [5, 5.41) is 17.9. The number of ether oxygens (including phenoxy) is 1. The van der Waals surface area contributed by atoms with Crippen molar-refractivity contribution in [2.45, 2.75) is 31.5 Å². The van der Waals surface area contributed by atoms with E-state index in [9.17, 15) is 14.0 Å². The zero-order valence-corrected chi connectivity index (χ0v) is 18.2. The number of benzene rings is 2. The highest BCUT2D eigenvalue weighted by Crippen LogP contribution is 2.41. The van der Waals surface area contributed by atoms with Crippen molar-refractivity contribution in [3.05, 3.63) is 52.5 Å². The van der Waals surface area contributed by atoms with Crippen LogP contribution in [-0.2, 0) is 6.54 Å². The molecular formula is C22H24ClFN4O4. The standard InChI is InChI=1S/C22H24ClFN4O4/c1-22(12-24)10-18(16-5-3-14(23)8-19(16)32-22)26-20(30)25-15-4-2-13-11-28(6-7-29)21(31)27-17(13)9-15/h2-5,8-9,18,29H,6-7,10-12H2,1H3,(H,27,31)(H2,25,26,30)/t18-,22+/m1/s1. The molecule has 0 bridgehead atoms. The van der Waals surface area contributed by atoms with E-state index in [0.717, 1.165) is 11.1 Å². The Hall–Kier alpha value is -3.04. The lowest BCUT2D eigenvalue weighted by atomic mass is 9.89. The summed E-state index contributed by atoms with van der Waals surface area (Å²) in [5.74, 6) is 0.443. The number of anilines is 2. The number of urea groups is 2. The number of halogens is 2. The van der Waals surface area contributed by atoms with Crippen molar-refractivity contribution in [2.75, 3.05) is 30.5 Å². The maximum atomic E-state index is 13.6. The third-order valence-electron chi connectivity index (χ3n) is 5.56. The van der Waals surface area contributed by atoms with Crippen LogP contribution in [0, 0.1) is 0 Å². The Morgan fingerprint density at radius 2 is 2.19 bits per heavy atom. The Morgan fingerprint density at radius 3 is 2.94 bits per heavy atom. The van der Waals surface area contributed by atoms with Crippen LogP contribution in [0.25, 0.3) is 0 Å². The molecule has 8 nitrogen and oxygen atoms in total. The van der Waals surface area contributed by atoms with Gasteiger partial charge in [-0.2, -0.15) is 0 Å². The summed E-state index contributed by atoms with van der Waals surface area (Å²) in [6, 6.07) is 9.03. The summed E-state index contributed by atoms with van der Waals surface area (Å²) in [6.07, 6.45) is 0.256. The molecule has 0 fully saturated rings. The number of amides is 4. The summed E-state index contributed by atoms with van der Waals surface area (Å²) in [6.45, 7) is 1.43. The molecule has 4 N–H and O–H groups in total. The maximum absolute atomic E-state index is 13.6. The number of aliphatic hydroxyl groups is 1. The van der Waals surface area contributed by atoms with Gasteiger partial charge in [-0.1, -0.05) is 23.7 Å². The quantitative estimate of drug-likeness (QED) is 0.538. The van der Waals surface area contributed by atoms with Gasteiger partial charge in [0.05, 0.1) is 12.6 Å². The largest absolute Gasteiger partial charge is 0.484 e. The normalized spacial score (nSPS) is 21.7. The number of hydrogen-bond acceptors (Lipinski definition) is 4. The van der Waals surface area contributed by atoms with Gasteiger partial charge in [0, 0.05) is 41.5 Å². The molecule has 0 saturated heterocycles. The molecular weight excluding hydrogens is 439 g/mol. The summed E-state index contributed by atoms with van der Waals surface area (Å²) in [4.78, 5) is 26.3. The first-order valence-electron chi connectivity index (χ1n) is 10.2. The third kappa shape index (κ3) is 4.58. The molecule has 170 valence electrons. The van der Waals surface area contributed by atoms with Crippen LogP contribution in [0.15, 0.2) is 36.4 Å². The first-order valence-corrected chi connectivity index (χ1v) is 10.6. The van der Waals surface area contributed by atoms with Crippen molar-refractivity contribution in [2.24, 2.45) is 0 Å². The minimum Gasteiger partial charge on any atom is -0.484 e. The van der Waals surface area contributed by atoms with Crippen LogP contribution >= 0.6 is 11.6 Å². The van der Waals surface area contributed by atoms with Crippen LogP contribution in [0.3, 0.4) is 0 Å². The monoisotopic (exact) mass is 462 g/mol. The molecule has 0 spiro atoms. The molecule has 2 atom stereocenters. The van der Waals surface area contributed by atoms with Crippen LogP contribution in [0.2, 0.25) is 5.02 Å². The van der Waals surface area contributed by atoms with Crippen molar-refractivity contribution in [1.82, 2.24) is 10.2 Å². The van der Waals surface area contributed by atoms with Gasteiger partial charge >= 0.3 is 12.1 Å². The molecule has 0 radical (unpaired) electrons. The first-order chi connectivity index (χ1) is 15.3. The van der Waals surface area contributed by atoms with E-state index in [0.29, 0.717) is 28.7 Å². The van der Waals surface area contributed by atoms with Crippen molar-refractivity contribution < 1.29 is 23.8 Å². The van der Waals surface area contributed by atoms with Crippen molar-refractivity contribution >= 4 is 35.0 Å². The van der Waals surface area contributed by atoms with Gasteiger partial charge < -0.3 is 30.7 Å². The molecule has 2 aliphatic heterocycles. The van der Waals surface area contributed by atoms with E-state index in [1.54, 1.807) is 43.3 Å². The molecule has 32 heavy (non-hydrogen) atoms. The number of rotatable bonds is 5. The predicted molar refractivity (Wildman–Crippen MR) is 119 cm³/mol. The molecule has 0 aliphatic carbocycles. The highest BCUT2D eigenvalue weighted by atomic mass is 35.5. The molecule has 2 heterocycles. The molecule has 4 rings (SSSR count). The number of β-amino-alcohol motifs (C(OH)–C–C–N with tert-alkyl or cyclic N) is 1. The average Bonchev–Trinajstić information content (AvgIpc) is 2.74.